The van der Waals surface area contributed by atoms with Crippen molar-refractivity contribution in [3.8, 4) is 12.3 Å². The molecule has 0 spiro atoms. The maximum absolute atomic E-state index is 13.1. The van der Waals surface area contributed by atoms with Crippen LogP contribution in [0.4, 0.5) is 0 Å². The van der Waals surface area contributed by atoms with Crippen molar-refractivity contribution in [3.05, 3.63) is 0 Å². The lowest BCUT2D eigenvalue weighted by atomic mass is 9.43. The maximum atomic E-state index is 13.1. The fourth-order valence-electron chi connectivity index (χ4n) is 10.1. The molecule has 4 fully saturated rings. The van der Waals surface area contributed by atoms with Crippen LogP contribution in [-0.2, 0) is 9.59 Å². The summed E-state index contributed by atoms with van der Waals surface area (Å²) >= 11 is 0. The second kappa shape index (κ2) is 11.8. The molecular formula is C33H52N4O5. The molecule has 0 saturated heterocycles. The molecule has 2 unspecified atom stereocenters. The third kappa shape index (κ3) is 5.76. The van der Waals surface area contributed by atoms with Crippen molar-refractivity contribution in [2.75, 3.05) is 6.54 Å². The number of nitrogens with zero attached hydrogens (tertiary/aromatic N) is 2. The van der Waals surface area contributed by atoms with Crippen LogP contribution in [0, 0.1) is 58.7 Å². The summed E-state index contributed by atoms with van der Waals surface area (Å²) in [5.74, 6) is 3.40. The molecule has 9 heteroatoms. The Bertz CT molecular complexity index is 1100. The smallest absolute Gasteiger partial charge is 0.243 e. The van der Waals surface area contributed by atoms with E-state index in [1.54, 1.807) is 0 Å². The summed E-state index contributed by atoms with van der Waals surface area (Å²) in [6, 6.07) is -0.687. The fraction of sp³-hybridized carbons (Fsp3) is 0.879. The van der Waals surface area contributed by atoms with Crippen LogP contribution in [0.3, 0.4) is 0 Å². The number of carbonyl (C=O) groups excluding carboxylic acids is 2. The van der Waals surface area contributed by atoms with Gasteiger partial charge in [0.2, 0.25) is 11.8 Å². The van der Waals surface area contributed by atoms with E-state index in [1.807, 2.05) is 6.92 Å². The van der Waals surface area contributed by atoms with Crippen molar-refractivity contribution in [1.29, 1.82) is 0 Å². The van der Waals surface area contributed by atoms with Crippen molar-refractivity contribution in [2.45, 2.75) is 128 Å². The highest BCUT2D eigenvalue weighted by Gasteiger charge is 2.65. The predicted octanol–water partition coefficient (Wildman–Crippen LogP) is 3.56. The molecule has 4 aliphatic carbocycles. The number of amides is 2. The van der Waals surface area contributed by atoms with Crippen LogP contribution in [-0.4, -0.2) is 63.7 Å². The molecule has 0 aromatic carbocycles. The molecule has 5 rings (SSSR count). The van der Waals surface area contributed by atoms with Gasteiger partial charge in [0.25, 0.3) is 0 Å². The van der Waals surface area contributed by atoms with Gasteiger partial charge in [-0.3, -0.25) is 9.59 Å². The first kappa shape index (κ1) is 31.4. The minimum Gasteiger partial charge on any atom is -0.393 e. The lowest BCUT2D eigenvalue weighted by Gasteiger charge is -2.63. The van der Waals surface area contributed by atoms with Crippen molar-refractivity contribution >= 4 is 11.8 Å². The Kier molecular flexibility index (Phi) is 8.84. The Labute approximate surface area is 251 Å². The van der Waals surface area contributed by atoms with Gasteiger partial charge >= 0.3 is 0 Å². The molecular weight excluding hydrogens is 532 g/mol. The number of hydrogen-bond acceptors (Lipinski definition) is 7. The van der Waals surface area contributed by atoms with Crippen LogP contribution in [0.2, 0.25) is 0 Å². The van der Waals surface area contributed by atoms with E-state index in [4.69, 9.17) is 6.42 Å². The molecule has 42 heavy (non-hydrogen) atoms. The quantitative estimate of drug-likeness (QED) is 0.250. The van der Waals surface area contributed by atoms with E-state index in [2.05, 4.69) is 47.6 Å². The zero-order valence-corrected chi connectivity index (χ0v) is 25.9. The highest BCUT2D eigenvalue weighted by atomic mass is 16.3. The molecule has 9 nitrogen and oxygen atoms in total. The van der Waals surface area contributed by atoms with Gasteiger partial charge < -0.3 is 26.0 Å². The first-order chi connectivity index (χ1) is 19.8. The van der Waals surface area contributed by atoms with Gasteiger partial charge in [0.05, 0.1) is 24.9 Å². The Morgan fingerprint density at radius 1 is 1.02 bits per heavy atom. The standard InChI is InChI=1S/C33H52N4O5/c1-6-15-34-30(42)25(12-14-32(4)36-37-32)35-28(41)10-7-19(2)22-8-9-23-29-24(18-27(40)33(22,23)5)31(3)13-11-21(38)16-20(31)17-26(29)39/h1,19-27,29,38-40H,7-18H2,2-5H3,(H,34,42)(H,35,41)/t19-,20+,21-,22-,23+,24?,25?,26-,27+,29+,31+,33-/m1/s1. The summed E-state index contributed by atoms with van der Waals surface area (Å²) in [6.07, 6.45) is 12.1. The van der Waals surface area contributed by atoms with Gasteiger partial charge in [-0.15, -0.1) is 6.42 Å². The van der Waals surface area contributed by atoms with Crippen LogP contribution in [0.1, 0.15) is 98.3 Å². The number of hydrogen-bond donors (Lipinski definition) is 5. The van der Waals surface area contributed by atoms with Gasteiger partial charge in [0.15, 0.2) is 5.66 Å². The number of fused-ring (bicyclic) bond motifs is 5. The van der Waals surface area contributed by atoms with Crippen LogP contribution < -0.4 is 10.6 Å². The largest absolute Gasteiger partial charge is 0.393 e. The van der Waals surface area contributed by atoms with Crippen LogP contribution in [0.25, 0.3) is 0 Å². The van der Waals surface area contributed by atoms with Gasteiger partial charge in [-0.1, -0.05) is 26.7 Å². The second-order valence-corrected chi connectivity index (χ2v) is 15.0. The Balaban J connectivity index is 1.21. The molecule has 12 atom stereocenters. The first-order valence-electron chi connectivity index (χ1n) is 16.3. The molecule has 0 aromatic heterocycles. The van der Waals surface area contributed by atoms with E-state index in [0.717, 1.165) is 38.5 Å². The normalized spacial score (nSPS) is 42.7. The number of aliphatic hydroxyl groups excluding tert-OH is 3. The second-order valence-electron chi connectivity index (χ2n) is 15.0. The molecule has 4 saturated carbocycles. The zero-order valence-electron chi connectivity index (χ0n) is 25.9. The molecule has 234 valence electrons. The van der Waals surface area contributed by atoms with E-state index in [9.17, 15) is 24.9 Å². The van der Waals surface area contributed by atoms with Gasteiger partial charge in [0, 0.05) is 6.42 Å². The summed E-state index contributed by atoms with van der Waals surface area (Å²) in [7, 11) is 0. The number of carbonyl (C=O) groups is 2. The summed E-state index contributed by atoms with van der Waals surface area (Å²) in [5, 5.41) is 47.3. The van der Waals surface area contributed by atoms with E-state index in [0.29, 0.717) is 38.0 Å². The van der Waals surface area contributed by atoms with Gasteiger partial charge in [0.1, 0.15) is 6.04 Å². The third-order valence-electron chi connectivity index (χ3n) is 12.7. The Morgan fingerprint density at radius 2 is 1.76 bits per heavy atom. The van der Waals surface area contributed by atoms with Crippen molar-refractivity contribution < 1.29 is 24.9 Å². The summed E-state index contributed by atoms with van der Waals surface area (Å²) in [4.78, 5) is 25.7. The monoisotopic (exact) mass is 584 g/mol. The molecule has 5 N–H and O–H groups in total. The van der Waals surface area contributed by atoms with Gasteiger partial charge in [-0.05, 0) is 117 Å². The van der Waals surface area contributed by atoms with E-state index < -0.39 is 23.9 Å². The summed E-state index contributed by atoms with van der Waals surface area (Å²) in [5.41, 5.74) is -0.712. The minimum atomic E-state index is -0.687. The number of nitrogens with one attached hydrogen (secondary N) is 2. The van der Waals surface area contributed by atoms with Crippen LogP contribution >= 0.6 is 0 Å². The predicted molar refractivity (Wildman–Crippen MR) is 159 cm³/mol. The Morgan fingerprint density at radius 3 is 2.45 bits per heavy atom. The molecule has 0 radical (unpaired) electrons. The molecule has 0 bridgehead atoms. The molecule has 2 amide bonds. The van der Waals surface area contributed by atoms with Gasteiger partial charge in [-0.25, -0.2) is 0 Å². The summed E-state index contributed by atoms with van der Waals surface area (Å²) in [6.45, 7) is 8.78. The average molecular weight is 585 g/mol. The molecule has 5 aliphatic rings. The van der Waals surface area contributed by atoms with E-state index >= 15 is 0 Å². The molecule has 1 heterocycles. The average Bonchev–Trinajstić information content (AvgIpc) is 3.57. The summed E-state index contributed by atoms with van der Waals surface area (Å²) < 4.78 is 0. The number of aliphatic hydroxyl groups is 3. The van der Waals surface area contributed by atoms with E-state index in [-0.39, 0.29) is 64.9 Å². The van der Waals surface area contributed by atoms with E-state index in [1.165, 1.54) is 0 Å². The van der Waals surface area contributed by atoms with Crippen LogP contribution in [0.15, 0.2) is 10.2 Å². The fourth-order valence-corrected chi connectivity index (χ4v) is 10.1. The lowest BCUT2D eigenvalue weighted by Crippen LogP contribution is -2.62. The zero-order chi connectivity index (χ0) is 30.4. The first-order valence-corrected chi connectivity index (χ1v) is 16.3. The molecule has 1 aliphatic heterocycles. The Hall–Kier alpha value is -2.02. The third-order valence-corrected chi connectivity index (χ3v) is 12.7. The van der Waals surface area contributed by atoms with Gasteiger partial charge in [-0.2, -0.15) is 10.2 Å². The minimum absolute atomic E-state index is 0.0510. The highest BCUT2D eigenvalue weighted by molar-refractivity contribution is 5.87. The topological polar surface area (TPSA) is 144 Å². The number of terminal acetylenes is 1. The van der Waals surface area contributed by atoms with Crippen molar-refractivity contribution in [2.24, 2.45) is 56.6 Å². The molecule has 0 aromatic rings. The number of rotatable bonds is 10. The highest BCUT2D eigenvalue weighted by Crippen LogP contribution is 2.68. The van der Waals surface area contributed by atoms with Crippen molar-refractivity contribution in [1.82, 2.24) is 10.6 Å². The van der Waals surface area contributed by atoms with Crippen molar-refractivity contribution in [3.63, 3.8) is 0 Å². The van der Waals surface area contributed by atoms with Crippen LogP contribution in [0.5, 0.6) is 0 Å². The lowest BCUT2D eigenvalue weighted by molar-refractivity contribution is -0.207. The SMILES string of the molecule is C#CCNC(=O)C(CCC1(C)N=N1)NC(=O)CC[C@@H](C)[C@H]1CC[C@H]2[C@H]3C(C[C@H](O)[C@]12C)[C@@]1(C)CC[C@@H](O)C[C@H]1C[C@H]3O. The maximum Gasteiger partial charge on any atom is 0.243 e.